The summed E-state index contributed by atoms with van der Waals surface area (Å²) >= 11 is 6.17. The van der Waals surface area contributed by atoms with E-state index in [9.17, 15) is 13.6 Å². The number of ether oxygens (including phenoxy) is 1. The molecule has 0 saturated carbocycles. The number of hydrogen-bond donors (Lipinski definition) is 0. The lowest BCUT2D eigenvalue weighted by Crippen LogP contribution is -2.46. The van der Waals surface area contributed by atoms with Gasteiger partial charge in [-0.1, -0.05) is 35.9 Å². The molecule has 0 N–H and O–H groups in total. The number of rotatable bonds is 6. The Hall–Kier alpha value is -2.84. The predicted octanol–water partition coefficient (Wildman–Crippen LogP) is 4.06. The van der Waals surface area contributed by atoms with Crippen molar-refractivity contribution < 1.29 is 13.5 Å². The summed E-state index contributed by atoms with van der Waals surface area (Å²) in [6.45, 7) is 2.26. The van der Waals surface area contributed by atoms with Crippen LogP contribution in [0, 0.1) is 6.92 Å². The molecule has 2 aromatic carbocycles. The minimum absolute atomic E-state index is 0.306. The third kappa shape index (κ3) is 4.52. The van der Waals surface area contributed by atoms with Crippen LogP contribution in [0.1, 0.15) is 11.3 Å². The normalized spacial score (nSPS) is 14.9. The predicted molar refractivity (Wildman–Crippen MR) is 121 cm³/mol. The smallest absolute Gasteiger partial charge is 0.387 e. The highest BCUT2D eigenvalue weighted by atomic mass is 35.5. The van der Waals surface area contributed by atoms with Gasteiger partial charge >= 0.3 is 12.2 Å². The van der Waals surface area contributed by atoms with Crippen molar-refractivity contribution in [1.82, 2.24) is 14.3 Å². The van der Waals surface area contributed by atoms with Gasteiger partial charge in [0.25, 0.3) is 0 Å². The highest BCUT2D eigenvalue weighted by Crippen LogP contribution is 2.26. The van der Waals surface area contributed by atoms with Crippen molar-refractivity contribution in [2.75, 3.05) is 31.1 Å². The molecular weight excluding hydrogens is 438 g/mol. The monoisotopic (exact) mass is 462 g/mol. The number of halogens is 3. The molecule has 1 fully saturated rings. The van der Waals surface area contributed by atoms with Gasteiger partial charge < -0.3 is 9.64 Å². The standard InChI is InChI=1S/C23H25ClF2N4O2/c1-16-8-9-17(24)14-19(16)29-12-10-28(11-13-29)15-20-21(32-23(25)26)22(31)30(27(20)2)18-6-4-3-5-7-18/h3-9,14,23H,10-13,15H2,1-2H3. The molecule has 1 aliphatic rings. The van der Waals surface area contributed by atoms with Gasteiger partial charge in [0, 0.05) is 50.5 Å². The summed E-state index contributed by atoms with van der Waals surface area (Å²) in [5.41, 5.74) is 2.67. The topological polar surface area (TPSA) is 42.6 Å². The number of piperazine rings is 1. The van der Waals surface area contributed by atoms with Gasteiger partial charge in [-0.25, -0.2) is 4.68 Å². The largest absolute Gasteiger partial charge is 0.427 e. The number of para-hydroxylation sites is 1. The van der Waals surface area contributed by atoms with Crippen LogP contribution in [0.15, 0.2) is 53.3 Å². The molecule has 1 aromatic heterocycles. The quantitative estimate of drug-likeness (QED) is 0.554. The first-order valence-electron chi connectivity index (χ1n) is 10.4. The second-order valence-electron chi connectivity index (χ2n) is 7.82. The third-order valence-corrected chi connectivity index (χ3v) is 6.04. The Labute approximate surface area is 190 Å². The summed E-state index contributed by atoms with van der Waals surface area (Å²) in [4.78, 5) is 17.3. The molecule has 1 aliphatic heterocycles. The summed E-state index contributed by atoms with van der Waals surface area (Å²) in [7, 11) is 1.69. The van der Waals surface area contributed by atoms with E-state index in [1.165, 1.54) is 4.68 Å². The molecule has 0 aliphatic carbocycles. The first-order valence-corrected chi connectivity index (χ1v) is 10.8. The average Bonchev–Trinajstić information content (AvgIpc) is 3.00. The van der Waals surface area contributed by atoms with Crippen molar-refractivity contribution in [3.8, 4) is 11.4 Å². The van der Waals surface area contributed by atoms with Crippen molar-refractivity contribution >= 4 is 17.3 Å². The molecule has 2 heterocycles. The number of aromatic nitrogens is 2. The van der Waals surface area contributed by atoms with Gasteiger partial charge in [0.1, 0.15) is 0 Å². The van der Waals surface area contributed by atoms with Crippen LogP contribution in [-0.4, -0.2) is 47.1 Å². The Morgan fingerprint density at radius 1 is 1.06 bits per heavy atom. The molecular formula is C23H25ClF2N4O2. The van der Waals surface area contributed by atoms with Crippen LogP contribution >= 0.6 is 11.6 Å². The zero-order chi connectivity index (χ0) is 22.8. The molecule has 170 valence electrons. The fraction of sp³-hybridized carbons (Fsp3) is 0.348. The Morgan fingerprint density at radius 3 is 2.41 bits per heavy atom. The van der Waals surface area contributed by atoms with Crippen molar-refractivity contribution in [2.24, 2.45) is 7.05 Å². The average molecular weight is 463 g/mol. The van der Waals surface area contributed by atoms with Gasteiger partial charge in [-0.3, -0.25) is 14.4 Å². The molecule has 9 heteroatoms. The van der Waals surface area contributed by atoms with E-state index in [1.807, 2.05) is 31.2 Å². The molecule has 0 bridgehead atoms. The summed E-state index contributed by atoms with van der Waals surface area (Å²) < 4.78 is 33.8. The Kier molecular flexibility index (Phi) is 6.53. The third-order valence-electron chi connectivity index (χ3n) is 5.80. The molecule has 1 saturated heterocycles. The number of nitrogens with zero attached hydrogens (tertiary/aromatic N) is 4. The lowest BCUT2D eigenvalue weighted by molar-refractivity contribution is -0.0516. The zero-order valence-electron chi connectivity index (χ0n) is 18.0. The van der Waals surface area contributed by atoms with E-state index >= 15 is 0 Å². The van der Waals surface area contributed by atoms with E-state index in [-0.39, 0.29) is 5.75 Å². The van der Waals surface area contributed by atoms with Crippen molar-refractivity contribution in [3.63, 3.8) is 0 Å². The number of hydrogen-bond acceptors (Lipinski definition) is 4. The minimum atomic E-state index is -3.07. The second kappa shape index (κ2) is 9.34. The Bertz CT molecular complexity index is 1140. The van der Waals surface area contributed by atoms with E-state index in [4.69, 9.17) is 11.6 Å². The lowest BCUT2D eigenvalue weighted by Gasteiger charge is -2.37. The fourth-order valence-electron chi connectivity index (χ4n) is 4.15. The van der Waals surface area contributed by atoms with Crippen LogP contribution in [0.25, 0.3) is 5.69 Å². The van der Waals surface area contributed by atoms with Gasteiger partial charge in [0.2, 0.25) is 5.75 Å². The molecule has 3 aromatic rings. The second-order valence-corrected chi connectivity index (χ2v) is 8.26. The number of benzene rings is 2. The van der Waals surface area contributed by atoms with Crippen LogP contribution < -0.4 is 15.2 Å². The van der Waals surface area contributed by atoms with Crippen molar-refractivity contribution in [3.05, 3.63) is 75.2 Å². The zero-order valence-corrected chi connectivity index (χ0v) is 18.7. The van der Waals surface area contributed by atoms with Gasteiger partial charge in [-0.2, -0.15) is 8.78 Å². The van der Waals surface area contributed by atoms with Crippen LogP contribution in [-0.2, 0) is 13.6 Å². The van der Waals surface area contributed by atoms with Crippen molar-refractivity contribution in [1.29, 1.82) is 0 Å². The maximum Gasteiger partial charge on any atom is 0.387 e. The van der Waals surface area contributed by atoms with Crippen LogP contribution in [0.2, 0.25) is 5.02 Å². The lowest BCUT2D eigenvalue weighted by atomic mass is 10.1. The molecule has 0 atom stereocenters. The first-order chi connectivity index (χ1) is 15.3. The maximum absolute atomic E-state index is 13.1. The molecule has 0 amide bonds. The van der Waals surface area contributed by atoms with E-state index in [1.54, 1.807) is 36.0 Å². The summed E-state index contributed by atoms with van der Waals surface area (Å²) in [5.74, 6) is -0.306. The molecule has 6 nitrogen and oxygen atoms in total. The molecule has 0 spiro atoms. The number of aryl methyl sites for hydroxylation is 1. The van der Waals surface area contributed by atoms with E-state index < -0.39 is 12.2 Å². The molecule has 0 radical (unpaired) electrons. The Morgan fingerprint density at radius 2 is 1.75 bits per heavy atom. The highest BCUT2D eigenvalue weighted by Gasteiger charge is 2.26. The van der Waals surface area contributed by atoms with Crippen LogP contribution in [0.5, 0.6) is 5.75 Å². The van der Waals surface area contributed by atoms with E-state index in [0.29, 0.717) is 36.0 Å². The van der Waals surface area contributed by atoms with Crippen LogP contribution in [0.3, 0.4) is 0 Å². The first kappa shape index (κ1) is 22.4. The van der Waals surface area contributed by atoms with E-state index in [0.717, 1.165) is 24.3 Å². The maximum atomic E-state index is 13.1. The molecule has 4 rings (SSSR count). The number of alkyl halides is 2. The minimum Gasteiger partial charge on any atom is -0.427 e. The summed E-state index contributed by atoms with van der Waals surface area (Å²) in [6, 6.07) is 14.8. The molecule has 0 unspecified atom stereocenters. The van der Waals surface area contributed by atoms with Gasteiger partial charge in [0.05, 0.1) is 11.4 Å². The highest BCUT2D eigenvalue weighted by molar-refractivity contribution is 6.30. The molecule has 32 heavy (non-hydrogen) atoms. The van der Waals surface area contributed by atoms with Crippen LogP contribution in [0.4, 0.5) is 14.5 Å². The summed E-state index contributed by atoms with van der Waals surface area (Å²) in [5, 5.41) is 0.694. The van der Waals surface area contributed by atoms with Gasteiger partial charge in [-0.05, 0) is 36.8 Å². The van der Waals surface area contributed by atoms with Gasteiger partial charge in [-0.15, -0.1) is 0 Å². The fourth-order valence-corrected chi connectivity index (χ4v) is 4.31. The SMILES string of the molecule is Cc1ccc(Cl)cc1N1CCN(Cc2c(OC(F)F)c(=O)n(-c3ccccc3)n2C)CC1. The summed E-state index contributed by atoms with van der Waals surface area (Å²) in [6.07, 6.45) is 0. The Balaban J connectivity index is 1.57. The van der Waals surface area contributed by atoms with Gasteiger partial charge in [0.15, 0.2) is 0 Å². The van der Waals surface area contributed by atoms with Crippen molar-refractivity contribution in [2.45, 2.75) is 20.1 Å². The number of anilines is 1. The van der Waals surface area contributed by atoms with E-state index in [2.05, 4.69) is 14.5 Å².